The molecule has 1 aromatic carbocycles. The van der Waals surface area contributed by atoms with E-state index in [-0.39, 0.29) is 0 Å². The van der Waals surface area contributed by atoms with E-state index in [9.17, 15) is 0 Å². The van der Waals surface area contributed by atoms with E-state index in [1.165, 1.54) is 0 Å². The molecule has 2 N–H and O–H groups in total. The summed E-state index contributed by atoms with van der Waals surface area (Å²) in [5.74, 6) is 0.584. The number of halogens is 1. The molecule has 7 heteroatoms. The molecule has 0 atom stereocenters. The van der Waals surface area contributed by atoms with Gasteiger partial charge in [-0.3, -0.25) is 4.68 Å². The highest BCUT2D eigenvalue weighted by Gasteiger charge is 2.11. The molecule has 1 heterocycles. The van der Waals surface area contributed by atoms with Crippen LogP contribution in [0.15, 0.2) is 30.5 Å². The molecule has 0 unspecified atom stereocenters. The zero-order chi connectivity index (χ0) is 13.8. The number of hydrogen-bond donors (Lipinski definition) is 2. The van der Waals surface area contributed by atoms with Crippen LogP contribution >= 0.6 is 11.6 Å². The molecule has 5 nitrogen and oxygen atoms in total. The number of ether oxygens (including phenoxy) is 1. The zero-order valence-electron chi connectivity index (χ0n) is 10.5. The lowest BCUT2D eigenvalue weighted by Gasteiger charge is -2.07. The maximum atomic E-state index is 9.06. The van der Waals surface area contributed by atoms with Gasteiger partial charge in [-0.25, -0.2) is 0 Å². The topological polar surface area (TPSA) is 67.5 Å². The van der Waals surface area contributed by atoms with Crippen molar-refractivity contribution in [2.45, 2.75) is 13.5 Å². The fraction of sp³-hybridized carbons (Fsp3) is 0.250. The maximum Gasteiger partial charge on any atom is 0.488 e. The first-order valence-electron chi connectivity index (χ1n) is 5.84. The Labute approximate surface area is 116 Å². The number of aryl methyl sites for hydroxylation is 1. The van der Waals surface area contributed by atoms with E-state index < -0.39 is 7.12 Å². The molecule has 0 saturated heterocycles. The summed E-state index contributed by atoms with van der Waals surface area (Å²) in [5.41, 5.74) is 1.18. The van der Waals surface area contributed by atoms with Gasteiger partial charge in [-0.15, -0.1) is 0 Å². The predicted molar refractivity (Wildman–Crippen MR) is 73.7 cm³/mol. The first-order chi connectivity index (χ1) is 9.06. The van der Waals surface area contributed by atoms with Gasteiger partial charge in [0, 0.05) is 6.20 Å². The van der Waals surface area contributed by atoms with Crippen LogP contribution in [0.1, 0.15) is 5.69 Å². The van der Waals surface area contributed by atoms with E-state index in [4.69, 9.17) is 26.4 Å². The van der Waals surface area contributed by atoms with E-state index in [1.807, 2.05) is 6.92 Å². The van der Waals surface area contributed by atoms with Crippen molar-refractivity contribution in [2.24, 2.45) is 0 Å². The van der Waals surface area contributed by atoms with Crippen LogP contribution in [0.5, 0.6) is 5.75 Å². The first kappa shape index (κ1) is 13.9. The molecule has 2 rings (SSSR count). The third-order valence-electron chi connectivity index (χ3n) is 2.63. The summed E-state index contributed by atoms with van der Waals surface area (Å²) in [7, 11) is -1.49. The van der Waals surface area contributed by atoms with Crippen molar-refractivity contribution in [1.82, 2.24) is 9.78 Å². The van der Waals surface area contributed by atoms with Crippen LogP contribution in [0.4, 0.5) is 0 Å². The second-order valence-electron chi connectivity index (χ2n) is 4.12. The smallest absolute Gasteiger partial charge is 0.488 e. The maximum absolute atomic E-state index is 9.06. The van der Waals surface area contributed by atoms with Gasteiger partial charge in [-0.1, -0.05) is 23.7 Å². The minimum absolute atomic E-state index is 0.399. The Morgan fingerprint density at radius 1 is 1.42 bits per heavy atom. The predicted octanol–water partition coefficient (Wildman–Crippen LogP) is 0.604. The van der Waals surface area contributed by atoms with Crippen LogP contribution in [0.2, 0.25) is 5.02 Å². The molecule has 0 amide bonds. The monoisotopic (exact) mass is 280 g/mol. The quantitative estimate of drug-likeness (QED) is 0.787. The van der Waals surface area contributed by atoms with Crippen molar-refractivity contribution >= 4 is 24.2 Å². The van der Waals surface area contributed by atoms with Gasteiger partial charge in [-0.05, 0) is 24.5 Å². The molecule has 19 heavy (non-hydrogen) atoms. The average molecular weight is 281 g/mol. The highest BCUT2D eigenvalue weighted by atomic mass is 35.5. The summed E-state index contributed by atoms with van der Waals surface area (Å²) in [4.78, 5) is 0. The van der Waals surface area contributed by atoms with Crippen LogP contribution in [0.3, 0.4) is 0 Å². The van der Waals surface area contributed by atoms with E-state index in [2.05, 4.69) is 5.10 Å². The summed E-state index contributed by atoms with van der Waals surface area (Å²) >= 11 is 5.90. The van der Waals surface area contributed by atoms with Crippen LogP contribution in [0.25, 0.3) is 0 Å². The van der Waals surface area contributed by atoms with Gasteiger partial charge >= 0.3 is 7.12 Å². The third kappa shape index (κ3) is 3.73. The van der Waals surface area contributed by atoms with E-state index in [0.717, 1.165) is 5.69 Å². The minimum Gasteiger partial charge on any atom is -0.492 e. The zero-order valence-corrected chi connectivity index (χ0v) is 11.2. The molecule has 0 radical (unpaired) electrons. The molecule has 0 saturated carbocycles. The summed E-state index contributed by atoms with van der Waals surface area (Å²) in [6.07, 6.45) is 1.74. The van der Waals surface area contributed by atoms with Crippen molar-refractivity contribution in [1.29, 1.82) is 0 Å². The van der Waals surface area contributed by atoms with Crippen molar-refractivity contribution < 1.29 is 14.8 Å². The number of aromatic nitrogens is 2. The van der Waals surface area contributed by atoms with Crippen LogP contribution < -0.4 is 10.2 Å². The standard InChI is InChI=1S/C12H14BClN2O3/c1-9-12(14)8-16(15-9)5-6-19-11-4-2-3-10(7-11)13(17)18/h2-4,7-8,17-18H,5-6H2,1H3. The SMILES string of the molecule is Cc1nn(CCOc2cccc(B(O)O)c2)cc1Cl. The van der Waals surface area contributed by atoms with E-state index >= 15 is 0 Å². The van der Waals surface area contributed by atoms with Crippen molar-refractivity contribution in [2.75, 3.05) is 6.61 Å². The molecule has 0 fully saturated rings. The van der Waals surface area contributed by atoms with E-state index in [0.29, 0.717) is 29.4 Å². The van der Waals surface area contributed by atoms with Gasteiger partial charge in [0.2, 0.25) is 0 Å². The number of nitrogens with zero attached hydrogens (tertiary/aromatic N) is 2. The Morgan fingerprint density at radius 3 is 2.84 bits per heavy atom. The molecule has 100 valence electrons. The molecule has 0 bridgehead atoms. The largest absolute Gasteiger partial charge is 0.492 e. The van der Waals surface area contributed by atoms with Crippen molar-refractivity contribution in [3.05, 3.63) is 41.2 Å². The molecule has 0 aliphatic heterocycles. The number of benzene rings is 1. The Kier molecular flexibility index (Phi) is 4.47. The summed E-state index contributed by atoms with van der Waals surface area (Å²) < 4.78 is 7.23. The Morgan fingerprint density at radius 2 is 2.21 bits per heavy atom. The molecular formula is C12H14BClN2O3. The fourth-order valence-corrected chi connectivity index (χ4v) is 1.78. The van der Waals surface area contributed by atoms with Gasteiger partial charge in [0.25, 0.3) is 0 Å². The van der Waals surface area contributed by atoms with Gasteiger partial charge in [0.15, 0.2) is 0 Å². The highest BCUT2D eigenvalue weighted by molar-refractivity contribution is 6.58. The Hall–Kier alpha value is -1.50. The van der Waals surface area contributed by atoms with Crippen LogP contribution in [-0.2, 0) is 6.54 Å². The normalized spacial score (nSPS) is 10.5. The van der Waals surface area contributed by atoms with Gasteiger partial charge < -0.3 is 14.8 Å². The van der Waals surface area contributed by atoms with Crippen molar-refractivity contribution in [3.8, 4) is 5.75 Å². The highest BCUT2D eigenvalue weighted by Crippen LogP contribution is 2.12. The van der Waals surface area contributed by atoms with Crippen molar-refractivity contribution in [3.63, 3.8) is 0 Å². The molecule has 2 aromatic rings. The molecule has 0 aliphatic carbocycles. The number of rotatable bonds is 5. The second kappa shape index (κ2) is 6.10. The summed E-state index contributed by atoms with van der Waals surface area (Å²) in [5, 5.41) is 23.0. The third-order valence-corrected chi connectivity index (χ3v) is 3.00. The lowest BCUT2D eigenvalue weighted by Crippen LogP contribution is -2.29. The Bertz CT molecular complexity index is 540. The van der Waals surface area contributed by atoms with Crippen LogP contribution in [0, 0.1) is 6.92 Å². The first-order valence-corrected chi connectivity index (χ1v) is 6.22. The number of hydrogen-bond acceptors (Lipinski definition) is 4. The van der Waals surface area contributed by atoms with E-state index in [1.54, 1.807) is 35.1 Å². The summed E-state index contributed by atoms with van der Waals surface area (Å²) in [6, 6.07) is 6.67. The van der Waals surface area contributed by atoms with Gasteiger partial charge in [0.1, 0.15) is 12.4 Å². The van der Waals surface area contributed by atoms with Gasteiger partial charge in [-0.2, -0.15) is 5.10 Å². The molecule has 1 aromatic heterocycles. The minimum atomic E-state index is -1.49. The molecule has 0 spiro atoms. The van der Waals surface area contributed by atoms with Gasteiger partial charge in [0.05, 0.1) is 17.3 Å². The Balaban J connectivity index is 1.90. The molecule has 0 aliphatic rings. The lowest BCUT2D eigenvalue weighted by atomic mass is 9.80. The fourth-order valence-electron chi connectivity index (χ4n) is 1.63. The summed E-state index contributed by atoms with van der Waals surface area (Å²) in [6.45, 7) is 2.83. The average Bonchev–Trinajstić information content (AvgIpc) is 2.69. The molecular weight excluding hydrogens is 266 g/mol. The lowest BCUT2D eigenvalue weighted by molar-refractivity contribution is 0.291. The second-order valence-corrected chi connectivity index (χ2v) is 4.53. The van der Waals surface area contributed by atoms with Crippen LogP contribution in [-0.4, -0.2) is 33.6 Å².